The second kappa shape index (κ2) is 5.32. The predicted molar refractivity (Wildman–Crippen MR) is 63.5 cm³/mol. The minimum absolute atomic E-state index is 0.0214. The first-order valence-corrected chi connectivity index (χ1v) is 5.49. The second-order valence-electron chi connectivity index (χ2n) is 3.93. The minimum atomic E-state index is -4.43. The van der Waals surface area contributed by atoms with Crippen LogP contribution in [0, 0.1) is 5.82 Å². The molecule has 0 aliphatic heterocycles. The summed E-state index contributed by atoms with van der Waals surface area (Å²) >= 11 is 0. The van der Waals surface area contributed by atoms with Gasteiger partial charge in [-0.3, -0.25) is 4.79 Å². The number of halogens is 4. The highest BCUT2D eigenvalue weighted by Crippen LogP contribution is 2.32. The van der Waals surface area contributed by atoms with Crippen LogP contribution in [-0.2, 0) is 11.0 Å². The van der Waals surface area contributed by atoms with E-state index in [0.717, 1.165) is 18.2 Å². The average Bonchev–Trinajstić information content (AvgIpc) is 2.38. The monoisotopic (exact) mass is 284 g/mol. The zero-order valence-electron chi connectivity index (χ0n) is 9.95. The Hall–Kier alpha value is -2.37. The number of hydrogen-bond acceptors (Lipinski definition) is 2. The lowest BCUT2D eigenvalue weighted by Gasteiger charge is -2.09. The van der Waals surface area contributed by atoms with Gasteiger partial charge in [0.2, 0.25) is 0 Å². The molecule has 0 heterocycles. The Labute approximate surface area is 111 Å². The van der Waals surface area contributed by atoms with Gasteiger partial charge in [0.05, 0.1) is 5.56 Å². The predicted octanol–water partition coefficient (Wildman–Crippen LogP) is 4.05. The first-order valence-electron chi connectivity index (χ1n) is 5.49. The van der Waals surface area contributed by atoms with E-state index in [1.54, 1.807) is 0 Å². The molecular weight excluding hydrogens is 276 g/mol. The lowest BCUT2D eigenvalue weighted by molar-refractivity contribution is -0.137. The van der Waals surface area contributed by atoms with E-state index in [4.69, 9.17) is 0 Å². The Morgan fingerprint density at radius 1 is 1.00 bits per heavy atom. The van der Waals surface area contributed by atoms with Crippen molar-refractivity contribution in [3.8, 4) is 16.9 Å². The number of carbonyl (C=O) groups is 1. The molecule has 0 bridgehead atoms. The standard InChI is InChI=1S/C14H8F4O2/c15-13-7-11(20-8-19)5-6-12(13)9-1-3-10(4-2-9)14(16,17)18/h1-8H. The summed E-state index contributed by atoms with van der Waals surface area (Å²) in [5, 5.41) is 0. The van der Waals surface area contributed by atoms with E-state index in [-0.39, 0.29) is 17.8 Å². The molecular formula is C14H8F4O2. The van der Waals surface area contributed by atoms with Crippen molar-refractivity contribution in [3.63, 3.8) is 0 Å². The number of alkyl halides is 3. The van der Waals surface area contributed by atoms with Crippen molar-refractivity contribution in [1.29, 1.82) is 0 Å². The summed E-state index contributed by atoms with van der Waals surface area (Å²) in [5.41, 5.74) is -0.382. The van der Waals surface area contributed by atoms with Gasteiger partial charge in [-0.25, -0.2) is 4.39 Å². The zero-order valence-corrected chi connectivity index (χ0v) is 9.95. The molecule has 2 aromatic carbocycles. The van der Waals surface area contributed by atoms with Crippen LogP contribution in [0.2, 0.25) is 0 Å². The Kier molecular flexibility index (Phi) is 3.74. The molecule has 2 nitrogen and oxygen atoms in total. The third kappa shape index (κ3) is 2.96. The van der Waals surface area contributed by atoms with Gasteiger partial charge in [0, 0.05) is 11.6 Å². The van der Waals surface area contributed by atoms with Crippen molar-refractivity contribution in [2.75, 3.05) is 0 Å². The number of benzene rings is 2. The van der Waals surface area contributed by atoms with Crippen molar-refractivity contribution in [1.82, 2.24) is 0 Å². The average molecular weight is 284 g/mol. The van der Waals surface area contributed by atoms with Crippen molar-refractivity contribution >= 4 is 6.47 Å². The third-order valence-corrected chi connectivity index (χ3v) is 2.65. The first kappa shape index (κ1) is 14.0. The lowest BCUT2D eigenvalue weighted by atomic mass is 10.0. The van der Waals surface area contributed by atoms with E-state index in [1.165, 1.54) is 24.3 Å². The fraction of sp³-hybridized carbons (Fsp3) is 0.0714. The largest absolute Gasteiger partial charge is 0.429 e. The van der Waals surface area contributed by atoms with Gasteiger partial charge in [0.1, 0.15) is 11.6 Å². The molecule has 0 spiro atoms. The molecule has 0 amide bonds. The maximum absolute atomic E-state index is 13.8. The van der Waals surface area contributed by atoms with Gasteiger partial charge in [0.15, 0.2) is 0 Å². The van der Waals surface area contributed by atoms with Crippen LogP contribution in [0.15, 0.2) is 42.5 Å². The smallest absolute Gasteiger partial charge is 0.416 e. The normalized spacial score (nSPS) is 11.2. The topological polar surface area (TPSA) is 26.3 Å². The van der Waals surface area contributed by atoms with Crippen molar-refractivity contribution < 1.29 is 27.1 Å². The van der Waals surface area contributed by atoms with Gasteiger partial charge >= 0.3 is 6.18 Å². The zero-order chi connectivity index (χ0) is 14.8. The summed E-state index contributed by atoms with van der Waals surface area (Å²) in [4.78, 5) is 10.1. The van der Waals surface area contributed by atoms with Gasteiger partial charge in [-0.1, -0.05) is 12.1 Å². The molecule has 20 heavy (non-hydrogen) atoms. The molecule has 0 unspecified atom stereocenters. The summed E-state index contributed by atoms with van der Waals surface area (Å²) in [6.07, 6.45) is -4.43. The van der Waals surface area contributed by atoms with Crippen molar-refractivity contribution in [3.05, 3.63) is 53.8 Å². The van der Waals surface area contributed by atoms with Crippen LogP contribution in [0.25, 0.3) is 11.1 Å². The van der Waals surface area contributed by atoms with Crippen molar-refractivity contribution in [2.24, 2.45) is 0 Å². The molecule has 0 aromatic heterocycles. The second-order valence-corrected chi connectivity index (χ2v) is 3.93. The van der Waals surface area contributed by atoms with E-state index in [1.807, 2.05) is 0 Å². The van der Waals surface area contributed by atoms with E-state index < -0.39 is 17.6 Å². The summed E-state index contributed by atoms with van der Waals surface area (Å²) in [7, 11) is 0. The van der Waals surface area contributed by atoms with Crippen LogP contribution in [0.3, 0.4) is 0 Å². The highest BCUT2D eigenvalue weighted by Gasteiger charge is 2.30. The van der Waals surface area contributed by atoms with Gasteiger partial charge in [-0.05, 0) is 29.8 Å². The van der Waals surface area contributed by atoms with Crippen LogP contribution in [0.4, 0.5) is 17.6 Å². The highest BCUT2D eigenvalue weighted by atomic mass is 19.4. The van der Waals surface area contributed by atoms with Gasteiger partial charge < -0.3 is 4.74 Å². The maximum Gasteiger partial charge on any atom is 0.416 e. The molecule has 2 aromatic rings. The molecule has 2 rings (SSSR count). The third-order valence-electron chi connectivity index (χ3n) is 2.65. The van der Waals surface area contributed by atoms with E-state index >= 15 is 0 Å². The Bertz CT molecular complexity index is 618. The Balaban J connectivity index is 2.34. The van der Waals surface area contributed by atoms with Crippen LogP contribution in [-0.4, -0.2) is 6.47 Å². The molecule has 6 heteroatoms. The quantitative estimate of drug-likeness (QED) is 0.628. The number of hydrogen-bond donors (Lipinski definition) is 0. The molecule has 0 saturated heterocycles. The van der Waals surface area contributed by atoms with E-state index in [9.17, 15) is 22.4 Å². The molecule has 0 aliphatic rings. The number of carbonyl (C=O) groups excluding carboxylic acids is 1. The first-order chi connectivity index (χ1) is 9.41. The fourth-order valence-electron chi connectivity index (χ4n) is 1.70. The molecule has 0 fully saturated rings. The highest BCUT2D eigenvalue weighted by molar-refractivity contribution is 5.65. The maximum atomic E-state index is 13.8. The number of rotatable bonds is 3. The number of ether oxygens (including phenoxy) is 1. The molecule has 0 radical (unpaired) electrons. The van der Waals surface area contributed by atoms with E-state index in [2.05, 4.69) is 4.74 Å². The fourth-order valence-corrected chi connectivity index (χ4v) is 1.70. The Morgan fingerprint density at radius 3 is 2.15 bits per heavy atom. The van der Waals surface area contributed by atoms with Gasteiger partial charge in [0.25, 0.3) is 6.47 Å². The van der Waals surface area contributed by atoms with Crippen LogP contribution < -0.4 is 4.74 Å². The van der Waals surface area contributed by atoms with Crippen molar-refractivity contribution in [2.45, 2.75) is 6.18 Å². The van der Waals surface area contributed by atoms with E-state index in [0.29, 0.717) is 5.56 Å². The Morgan fingerprint density at radius 2 is 1.65 bits per heavy atom. The molecule has 104 valence electrons. The van der Waals surface area contributed by atoms with Gasteiger partial charge in [-0.2, -0.15) is 13.2 Å². The SMILES string of the molecule is O=COc1ccc(-c2ccc(C(F)(F)F)cc2)c(F)c1. The van der Waals surface area contributed by atoms with Crippen LogP contribution >= 0.6 is 0 Å². The summed E-state index contributed by atoms with van der Waals surface area (Å²) in [5.74, 6) is -0.669. The molecule has 0 N–H and O–H groups in total. The molecule has 0 atom stereocenters. The molecule has 0 saturated carbocycles. The summed E-state index contributed by atoms with van der Waals surface area (Å²) in [6.45, 7) is 0.159. The van der Waals surface area contributed by atoms with Crippen LogP contribution in [0.1, 0.15) is 5.56 Å². The lowest BCUT2D eigenvalue weighted by Crippen LogP contribution is -2.04. The summed E-state index contributed by atoms with van der Waals surface area (Å²) in [6, 6.07) is 7.79. The molecule has 0 aliphatic carbocycles. The summed E-state index contributed by atoms with van der Waals surface area (Å²) < 4.78 is 55.5. The van der Waals surface area contributed by atoms with Crippen LogP contribution in [0.5, 0.6) is 5.75 Å². The van der Waals surface area contributed by atoms with Gasteiger partial charge in [-0.15, -0.1) is 0 Å². The minimum Gasteiger partial charge on any atom is -0.429 e.